The number of benzene rings is 2. The van der Waals surface area contributed by atoms with E-state index in [1.54, 1.807) is 19.2 Å². The van der Waals surface area contributed by atoms with Crippen molar-refractivity contribution in [2.75, 3.05) is 7.11 Å². The predicted octanol–water partition coefficient (Wildman–Crippen LogP) is 1.10. The van der Waals surface area contributed by atoms with Crippen LogP contribution in [0.25, 0.3) is 22.3 Å². The number of fused-ring (bicyclic) bond motifs is 1. The Balaban J connectivity index is 0.00000147. The van der Waals surface area contributed by atoms with Crippen LogP contribution in [0.5, 0.6) is 11.5 Å². The summed E-state index contributed by atoms with van der Waals surface area (Å²) in [6, 6.07) is 16.6. The van der Waals surface area contributed by atoms with Gasteiger partial charge in [0.2, 0.25) is 0 Å². The number of rotatable bonds is 2. The van der Waals surface area contributed by atoms with Crippen LogP contribution in [0, 0.1) is 0 Å². The van der Waals surface area contributed by atoms with Gasteiger partial charge >= 0.3 is 11.3 Å². The zero-order valence-corrected chi connectivity index (χ0v) is 11.6. The molecule has 0 saturated heterocycles. The molecule has 0 spiro atoms. The quantitative estimate of drug-likeness (QED) is 0.718. The zero-order chi connectivity index (χ0) is 13.2. The Labute approximate surface area is 122 Å². The fourth-order valence-corrected chi connectivity index (χ4v) is 1.97. The van der Waals surface area contributed by atoms with Crippen LogP contribution in [0.15, 0.2) is 59.0 Å². The van der Waals surface area contributed by atoms with Crippen LogP contribution in [0.3, 0.4) is 0 Å². The minimum Gasteiger partial charge on any atom is -1.00 e. The molecule has 102 valence electrons. The van der Waals surface area contributed by atoms with Gasteiger partial charge in [-0.2, -0.15) is 0 Å². The molecule has 0 saturated carbocycles. The first-order chi connectivity index (χ1) is 9.26. The van der Waals surface area contributed by atoms with Crippen molar-refractivity contribution in [3.05, 3.63) is 54.6 Å². The maximum atomic E-state index is 9.30. The Hall–Kier alpha value is -2.26. The van der Waals surface area contributed by atoms with E-state index in [4.69, 9.17) is 9.15 Å². The number of aromatic hydroxyl groups is 1. The maximum absolute atomic E-state index is 9.30. The third kappa shape index (κ3) is 2.68. The lowest BCUT2D eigenvalue weighted by Crippen LogP contribution is -3.00. The average Bonchev–Trinajstić information content (AvgIpc) is 2.47. The molecule has 20 heavy (non-hydrogen) atoms. The van der Waals surface area contributed by atoms with Crippen molar-refractivity contribution in [2.24, 2.45) is 0 Å². The number of methoxy groups -OCH3 is 1. The maximum Gasteiger partial charge on any atom is 0.364 e. The molecule has 3 rings (SSSR count). The van der Waals surface area contributed by atoms with Crippen LogP contribution in [-0.4, -0.2) is 12.2 Å². The molecule has 1 aromatic heterocycles. The normalized spacial score (nSPS) is 10.1. The van der Waals surface area contributed by atoms with E-state index in [0.717, 1.165) is 28.0 Å². The Kier molecular flexibility index (Phi) is 4.11. The summed E-state index contributed by atoms with van der Waals surface area (Å²) < 4.78 is 11.1. The van der Waals surface area contributed by atoms with Gasteiger partial charge in [-0.3, -0.25) is 0 Å². The number of phenolic OH excluding ortho intramolecular Hbond substituents is 1. The fraction of sp³-hybridized carbons (Fsp3) is 0.0625. The van der Waals surface area contributed by atoms with Gasteiger partial charge in [0.25, 0.3) is 0 Å². The molecular weight excluding hydrogens is 276 g/mol. The number of hydrogen-bond acceptors (Lipinski definition) is 2. The van der Waals surface area contributed by atoms with Crippen LogP contribution in [0.2, 0.25) is 0 Å². The van der Waals surface area contributed by atoms with Crippen molar-refractivity contribution in [1.82, 2.24) is 0 Å². The van der Waals surface area contributed by atoms with E-state index in [1.807, 2.05) is 42.5 Å². The highest BCUT2D eigenvalue weighted by Crippen LogP contribution is 2.27. The number of ether oxygens (including phenoxy) is 1. The van der Waals surface area contributed by atoms with Crippen LogP contribution in [0.1, 0.15) is 0 Å². The van der Waals surface area contributed by atoms with E-state index in [9.17, 15) is 5.11 Å². The van der Waals surface area contributed by atoms with Crippen molar-refractivity contribution in [2.45, 2.75) is 0 Å². The third-order valence-corrected chi connectivity index (χ3v) is 3.01. The molecule has 0 aliphatic heterocycles. The molecule has 0 amide bonds. The molecule has 0 bridgehead atoms. The lowest BCUT2D eigenvalue weighted by molar-refractivity contribution is -0.00000561. The first-order valence-electron chi connectivity index (χ1n) is 5.96. The van der Waals surface area contributed by atoms with Crippen molar-refractivity contribution in [1.29, 1.82) is 0 Å². The number of hydrogen-bond donors (Lipinski definition) is 1. The van der Waals surface area contributed by atoms with Crippen molar-refractivity contribution >= 4 is 11.0 Å². The molecule has 0 aliphatic rings. The van der Waals surface area contributed by atoms with Crippen molar-refractivity contribution < 1.29 is 26.7 Å². The molecule has 0 radical (unpaired) electrons. The fourth-order valence-electron chi connectivity index (χ4n) is 1.97. The van der Waals surface area contributed by atoms with Gasteiger partial charge in [-0.1, -0.05) is 0 Å². The Morgan fingerprint density at radius 3 is 2.35 bits per heavy atom. The number of halogens is 1. The highest BCUT2D eigenvalue weighted by atomic mass is 35.5. The molecule has 3 aromatic rings. The smallest absolute Gasteiger partial charge is 0.364 e. The van der Waals surface area contributed by atoms with Crippen molar-refractivity contribution in [3.8, 4) is 22.8 Å². The van der Waals surface area contributed by atoms with E-state index in [1.165, 1.54) is 0 Å². The molecule has 4 heteroatoms. The molecule has 3 nitrogen and oxygen atoms in total. The molecule has 0 fully saturated rings. The van der Waals surface area contributed by atoms with E-state index in [2.05, 4.69) is 0 Å². The summed E-state index contributed by atoms with van der Waals surface area (Å²) in [5.74, 6) is 1.76. The van der Waals surface area contributed by atoms with Gasteiger partial charge in [0.05, 0.1) is 24.1 Å². The third-order valence-electron chi connectivity index (χ3n) is 3.01. The van der Waals surface area contributed by atoms with Gasteiger partial charge in [-0.25, -0.2) is 4.42 Å². The summed E-state index contributed by atoms with van der Waals surface area (Å²) in [5.41, 5.74) is 1.69. The molecule has 0 unspecified atom stereocenters. The summed E-state index contributed by atoms with van der Waals surface area (Å²) in [6.45, 7) is 0. The highest BCUT2D eigenvalue weighted by molar-refractivity contribution is 5.80. The Bertz CT molecular complexity index is 723. The van der Waals surface area contributed by atoms with Crippen LogP contribution in [0.4, 0.5) is 0 Å². The second kappa shape index (κ2) is 5.80. The van der Waals surface area contributed by atoms with Crippen LogP contribution < -0.4 is 17.1 Å². The van der Waals surface area contributed by atoms with Gasteiger partial charge in [0.15, 0.2) is 0 Å². The second-order valence-electron chi connectivity index (χ2n) is 4.25. The summed E-state index contributed by atoms with van der Waals surface area (Å²) in [5, 5.41) is 10.3. The van der Waals surface area contributed by atoms with Gasteiger partial charge in [-0.05, 0) is 42.5 Å². The second-order valence-corrected chi connectivity index (χ2v) is 4.25. The first-order valence-corrected chi connectivity index (χ1v) is 5.96. The molecule has 1 N–H and O–H groups in total. The van der Waals surface area contributed by atoms with E-state index >= 15 is 0 Å². The van der Waals surface area contributed by atoms with Gasteiger partial charge in [-0.15, -0.1) is 0 Å². The lowest BCUT2D eigenvalue weighted by atomic mass is 10.1. The summed E-state index contributed by atoms with van der Waals surface area (Å²) in [4.78, 5) is 0. The SMILES string of the molecule is COc1ccc2ccc(-c3ccc(O)cc3)[o+]c2c1.[Cl-]. The van der Waals surface area contributed by atoms with E-state index < -0.39 is 0 Å². The van der Waals surface area contributed by atoms with E-state index in [0.29, 0.717) is 0 Å². The molecule has 0 aliphatic carbocycles. The zero-order valence-electron chi connectivity index (χ0n) is 10.8. The molecule has 2 aromatic carbocycles. The minimum absolute atomic E-state index is 0. The van der Waals surface area contributed by atoms with Gasteiger partial charge in [0.1, 0.15) is 11.5 Å². The van der Waals surface area contributed by atoms with Crippen molar-refractivity contribution in [3.63, 3.8) is 0 Å². The topological polar surface area (TPSA) is 40.8 Å². The average molecular weight is 289 g/mol. The van der Waals surface area contributed by atoms with Crippen LogP contribution in [-0.2, 0) is 0 Å². The summed E-state index contributed by atoms with van der Waals surface area (Å²) in [7, 11) is 1.63. The predicted molar refractivity (Wildman–Crippen MR) is 74.3 cm³/mol. The Morgan fingerprint density at radius 2 is 1.65 bits per heavy atom. The van der Waals surface area contributed by atoms with Gasteiger partial charge < -0.3 is 22.3 Å². The lowest BCUT2D eigenvalue weighted by Gasteiger charge is -1.97. The summed E-state index contributed by atoms with van der Waals surface area (Å²) >= 11 is 0. The standard InChI is InChI=1S/C16H12O3.ClH/c1-18-14-8-4-12-5-9-15(19-16(12)10-14)11-2-6-13(17)7-3-11;/h2-10H,1H3;1H. The molecule has 1 heterocycles. The molecule has 0 atom stereocenters. The van der Waals surface area contributed by atoms with Crippen LogP contribution >= 0.6 is 0 Å². The largest absolute Gasteiger partial charge is 1.00 e. The summed E-state index contributed by atoms with van der Waals surface area (Å²) in [6.07, 6.45) is 0. The van der Waals surface area contributed by atoms with E-state index in [-0.39, 0.29) is 18.2 Å². The Morgan fingerprint density at radius 1 is 0.950 bits per heavy atom. The monoisotopic (exact) mass is 288 g/mol. The van der Waals surface area contributed by atoms with Gasteiger partial charge in [0, 0.05) is 6.07 Å². The number of phenols is 1. The highest BCUT2D eigenvalue weighted by Gasteiger charge is 2.15. The minimum atomic E-state index is 0. The first kappa shape index (κ1) is 14.2. The molecular formula is C16H13ClO3.